The molecule has 0 radical (unpaired) electrons. The highest BCUT2D eigenvalue weighted by molar-refractivity contribution is 7.99. The maximum atomic E-state index is 13.1. The maximum absolute atomic E-state index is 13.1. The molecule has 1 aliphatic heterocycles. The van der Waals surface area contributed by atoms with E-state index in [-0.39, 0.29) is 22.1 Å². The Morgan fingerprint density at radius 3 is 2.59 bits per heavy atom. The number of thioether (sulfide) groups is 1. The zero-order valence-electron chi connectivity index (χ0n) is 15.8. The van der Waals surface area contributed by atoms with E-state index in [4.69, 9.17) is 28.6 Å². The normalized spacial score (nSPS) is 19.3. The first-order chi connectivity index (χ1) is 13.7. The van der Waals surface area contributed by atoms with Crippen molar-refractivity contribution < 1.29 is 17.9 Å². The van der Waals surface area contributed by atoms with E-state index in [0.717, 1.165) is 23.1 Å². The predicted molar refractivity (Wildman–Crippen MR) is 117 cm³/mol. The third kappa shape index (κ3) is 4.92. The first-order valence-corrected chi connectivity index (χ1v) is 10.8. The molecule has 1 fully saturated rings. The molecule has 3 rings (SSSR count). The number of nitrogens with one attached hydrogen (secondary N) is 1. The van der Waals surface area contributed by atoms with E-state index in [0.29, 0.717) is 11.7 Å². The smallest absolute Gasteiger partial charge is 0.417 e. The number of ether oxygens (including phenoxy) is 1. The molecule has 0 aromatic heterocycles. The van der Waals surface area contributed by atoms with Crippen LogP contribution >= 0.6 is 35.6 Å². The molecule has 0 bridgehead atoms. The molecule has 156 valence electrons. The van der Waals surface area contributed by atoms with Gasteiger partial charge in [-0.15, -0.1) is 11.8 Å². The van der Waals surface area contributed by atoms with Gasteiger partial charge in [-0.25, -0.2) is 0 Å². The molecular formula is C20H20ClF3N2OS2. The minimum atomic E-state index is -4.53. The van der Waals surface area contributed by atoms with Gasteiger partial charge in [-0.1, -0.05) is 29.8 Å². The van der Waals surface area contributed by atoms with E-state index in [1.807, 2.05) is 43.0 Å². The summed E-state index contributed by atoms with van der Waals surface area (Å²) < 4.78 is 44.9. The van der Waals surface area contributed by atoms with E-state index >= 15 is 0 Å². The van der Waals surface area contributed by atoms with Crippen molar-refractivity contribution in [2.24, 2.45) is 0 Å². The Labute approximate surface area is 182 Å². The lowest BCUT2D eigenvalue weighted by Gasteiger charge is -2.31. The van der Waals surface area contributed by atoms with Crippen molar-refractivity contribution in [3.05, 3.63) is 58.6 Å². The Bertz CT molecular complexity index is 877. The number of thiocarbonyl (C=S) groups is 1. The average Bonchev–Trinajstić information content (AvgIpc) is 3.05. The fourth-order valence-corrected chi connectivity index (χ4v) is 5.30. The highest BCUT2D eigenvalue weighted by Gasteiger charge is 2.36. The molecule has 3 nitrogen and oxygen atoms in total. The zero-order chi connectivity index (χ0) is 21.2. The van der Waals surface area contributed by atoms with Crippen molar-refractivity contribution >= 4 is 46.4 Å². The average molecular weight is 461 g/mol. The van der Waals surface area contributed by atoms with Crippen LogP contribution < -0.4 is 10.1 Å². The van der Waals surface area contributed by atoms with E-state index in [1.165, 1.54) is 12.1 Å². The monoisotopic (exact) mass is 460 g/mol. The summed E-state index contributed by atoms with van der Waals surface area (Å²) in [4.78, 5) is 1.99. The van der Waals surface area contributed by atoms with Crippen LogP contribution in [0.15, 0.2) is 42.5 Å². The van der Waals surface area contributed by atoms with E-state index in [1.54, 1.807) is 11.8 Å². The van der Waals surface area contributed by atoms with E-state index in [2.05, 4.69) is 5.32 Å². The van der Waals surface area contributed by atoms with Gasteiger partial charge in [-0.05, 0) is 55.9 Å². The number of alkyl halides is 3. The lowest BCUT2D eigenvalue weighted by Crippen LogP contribution is -2.39. The predicted octanol–water partition coefficient (Wildman–Crippen LogP) is 6.59. The summed E-state index contributed by atoms with van der Waals surface area (Å²) >= 11 is 13.3. The standard InChI is InChI=1S/C20H20ClF3N2OS2/c1-3-27-14-9-7-13(8-10-14)18-26(12(2)11-29-18)19(28)25-16-6-4-5-15(17(16)21)20(22,23)24/h4-10,12,18H,3,11H2,1-2H3,(H,25,28). The van der Waals surface area contributed by atoms with Gasteiger partial charge in [-0.2, -0.15) is 13.2 Å². The van der Waals surface area contributed by atoms with Crippen LogP contribution in [0.3, 0.4) is 0 Å². The van der Waals surface area contributed by atoms with Gasteiger partial charge < -0.3 is 15.0 Å². The molecule has 29 heavy (non-hydrogen) atoms. The third-order valence-corrected chi connectivity index (χ3v) is 6.69. The van der Waals surface area contributed by atoms with Crippen LogP contribution in [0.25, 0.3) is 0 Å². The van der Waals surface area contributed by atoms with Gasteiger partial charge in [0, 0.05) is 11.8 Å². The van der Waals surface area contributed by atoms with Crippen LogP contribution in [0.2, 0.25) is 5.02 Å². The first-order valence-electron chi connectivity index (χ1n) is 9.01. The van der Waals surface area contributed by atoms with E-state index < -0.39 is 11.7 Å². The maximum Gasteiger partial charge on any atom is 0.417 e. The molecule has 0 saturated carbocycles. The van der Waals surface area contributed by atoms with Crippen LogP contribution in [-0.4, -0.2) is 28.4 Å². The lowest BCUT2D eigenvalue weighted by molar-refractivity contribution is -0.137. The zero-order valence-corrected chi connectivity index (χ0v) is 18.2. The van der Waals surface area contributed by atoms with Gasteiger partial charge in [0.2, 0.25) is 0 Å². The minimum absolute atomic E-state index is 0.0507. The van der Waals surface area contributed by atoms with Gasteiger partial charge in [-0.3, -0.25) is 0 Å². The van der Waals surface area contributed by atoms with Crippen molar-refractivity contribution in [3.63, 3.8) is 0 Å². The van der Waals surface area contributed by atoms with Gasteiger partial charge in [0.15, 0.2) is 5.11 Å². The second kappa shape index (κ2) is 9.02. The molecule has 1 saturated heterocycles. The summed E-state index contributed by atoms with van der Waals surface area (Å²) in [6.45, 7) is 4.54. The summed E-state index contributed by atoms with van der Waals surface area (Å²) in [5, 5.41) is 2.81. The van der Waals surface area contributed by atoms with Crippen LogP contribution in [0.5, 0.6) is 5.75 Å². The number of hydrogen-bond acceptors (Lipinski definition) is 3. The topological polar surface area (TPSA) is 24.5 Å². The van der Waals surface area contributed by atoms with Crippen LogP contribution in [0.1, 0.15) is 30.3 Å². The van der Waals surface area contributed by atoms with Crippen molar-refractivity contribution in [2.45, 2.75) is 31.4 Å². The molecular weight excluding hydrogens is 441 g/mol. The summed E-state index contributed by atoms with van der Waals surface area (Å²) in [7, 11) is 0. The third-order valence-electron chi connectivity index (χ3n) is 4.48. The van der Waals surface area contributed by atoms with Gasteiger partial charge >= 0.3 is 6.18 Å². The van der Waals surface area contributed by atoms with E-state index in [9.17, 15) is 13.2 Å². The molecule has 9 heteroatoms. The molecule has 0 spiro atoms. The van der Waals surface area contributed by atoms with Crippen LogP contribution in [0.4, 0.5) is 18.9 Å². The second-order valence-corrected chi connectivity index (χ2v) is 8.42. The fourth-order valence-electron chi connectivity index (χ4n) is 3.11. The highest BCUT2D eigenvalue weighted by atomic mass is 35.5. The van der Waals surface area contributed by atoms with Gasteiger partial charge in [0.05, 0.1) is 22.9 Å². The highest BCUT2D eigenvalue weighted by Crippen LogP contribution is 2.43. The van der Waals surface area contributed by atoms with Crippen molar-refractivity contribution in [1.29, 1.82) is 0 Å². The quantitative estimate of drug-likeness (QED) is 0.519. The van der Waals surface area contributed by atoms with Crippen LogP contribution in [-0.2, 0) is 6.18 Å². The van der Waals surface area contributed by atoms with Gasteiger partial charge in [0.25, 0.3) is 0 Å². The number of anilines is 1. The molecule has 2 unspecified atom stereocenters. The number of nitrogens with zero attached hydrogens (tertiary/aromatic N) is 1. The number of hydrogen-bond donors (Lipinski definition) is 1. The van der Waals surface area contributed by atoms with Crippen LogP contribution in [0, 0.1) is 0 Å². The Balaban J connectivity index is 1.82. The Morgan fingerprint density at radius 1 is 1.28 bits per heavy atom. The molecule has 1 heterocycles. The molecule has 1 N–H and O–H groups in total. The number of rotatable bonds is 4. The molecule has 2 aromatic carbocycles. The summed E-state index contributed by atoms with van der Waals surface area (Å²) in [6, 6.07) is 11.6. The Hall–Kier alpha value is -1.64. The molecule has 2 atom stereocenters. The van der Waals surface area contributed by atoms with Crippen molar-refractivity contribution in [2.75, 3.05) is 17.7 Å². The Kier molecular flexibility index (Phi) is 6.86. The fraction of sp³-hybridized carbons (Fsp3) is 0.350. The van der Waals surface area contributed by atoms with Gasteiger partial charge in [0.1, 0.15) is 11.1 Å². The molecule has 2 aromatic rings. The Morgan fingerprint density at radius 2 is 1.97 bits per heavy atom. The molecule has 0 aliphatic carbocycles. The number of halogens is 4. The largest absolute Gasteiger partial charge is 0.494 e. The molecule has 1 aliphatic rings. The second-order valence-electron chi connectivity index (χ2n) is 6.54. The summed E-state index contributed by atoms with van der Waals surface area (Å²) in [5.74, 6) is 1.63. The SMILES string of the molecule is CCOc1ccc(C2SCC(C)N2C(=S)Nc2cccc(C(F)(F)F)c2Cl)cc1. The summed E-state index contributed by atoms with van der Waals surface area (Å²) in [6.07, 6.45) is -4.53. The van der Waals surface area contributed by atoms with Crippen molar-refractivity contribution in [3.8, 4) is 5.75 Å². The van der Waals surface area contributed by atoms with Crippen molar-refractivity contribution in [1.82, 2.24) is 4.90 Å². The summed E-state index contributed by atoms with van der Waals surface area (Å²) in [5.41, 5.74) is 0.294. The number of benzene rings is 2. The molecule has 0 amide bonds. The minimum Gasteiger partial charge on any atom is -0.494 e. The first kappa shape index (κ1) is 22.1. The lowest BCUT2D eigenvalue weighted by atomic mass is 10.1.